The molecule has 8 heteroatoms. The van der Waals surface area contributed by atoms with Crippen molar-refractivity contribution in [3.05, 3.63) is 117 Å². The lowest BCUT2D eigenvalue weighted by Crippen LogP contribution is -2.46. The van der Waals surface area contributed by atoms with Crippen molar-refractivity contribution in [3.63, 3.8) is 0 Å². The van der Waals surface area contributed by atoms with Gasteiger partial charge in [0.1, 0.15) is 12.3 Å². The Morgan fingerprint density at radius 2 is 1.53 bits per heavy atom. The molecule has 1 aliphatic heterocycles. The Balaban J connectivity index is 1.37. The summed E-state index contributed by atoms with van der Waals surface area (Å²) in [5.41, 5.74) is 3.14. The van der Waals surface area contributed by atoms with Crippen LogP contribution in [-0.4, -0.2) is 40.9 Å². The van der Waals surface area contributed by atoms with Crippen LogP contribution >= 0.6 is 23.2 Å². The summed E-state index contributed by atoms with van der Waals surface area (Å²) in [6.07, 6.45) is 1.73. The number of para-hydroxylation sites is 1. The first-order valence-electron chi connectivity index (χ1n) is 11.8. The monoisotopic (exact) mass is 520 g/mol. The van der Waals surface area contributed by atoms with E-state index in [9.17, 15) is 4.79 Å². The lowest BCUT2D eigenvalue weighted by Gasteiger charge is -2.36. The van der Waals surface area contributed by atoms with E-state index in [1.165, 1.54) is 4.68 Å². The van der Waals surface area contributed by atoms with Gasteiger partial charge in [-0.1, -0.05) is 83.9 Å². The minimum atomic E-state index is -0.275. The van der Waals surface area contributed by atoms with Crippen molar-refractivity contribution >= 4 is 28.9 Å². The van der Waals surface area contributed by atoms with Gasteiger partial charge in [-0.05, 0) is 29.3 Å². The van der Waals surface area contributed by atoms with E-state index in [0.717, 1.165) is 43.9 Å². The molecule has 6 nitrogen and oxygen atoms in total. The van der Waals surface area contributed by atoms with Crippen LogP contribution in [0.5, 0.6) is 5.75 Å². The number of anilines is 1. The van der Waals surface area contributed by atoms with Crippen molar-refractivity contribution in [2.75, 3.05) is 31.1 Å². The Kier molecular flexibility index (Phi) is 7.56. The summed E-state index contributed by atoms with van der Waals surface area (Å²) >= 11 is 12.6. The highest BCUT2D eigenvalue weighted by Crippen LogP contribution is 2.29. The van der Waals surface area contributed by atoms with Crippen LogP contribution < -0.4 is 15.2 Å². The molecule has 0 amide bonds. The molecular weight excluding hydrogens is 495 g/mol. The average molecular weight is 521 g/mol. The summed E-state index contributed by atoms with van der Waals surface area (Å²) in [5.74, 6) is 0.309. The SMILES string of the molecule is O=c1c(OCc2ccccc2)c(N2CCN(Cc3cccc(Cl)c3Cl)CC2)cnn1-c1ccccc1. The van der Waals surface area contributed by atoms with Gasteiger partial charge in [0, 0.05) is 32.7 Å². The minimum Gasteiger partial charge on any atom is -0.481 e. The predicted molar refractivity (Wildman–Crippen MR) is 145 cm³/mol. The number of hydrogen-bond donors (Lipinski definition) is 0. The molecule has 0 spiro atoms. The van der Waals surface area contributed by atoms with Gasteiger partial charge in [-0.25, -0.2) is 0 Å². The maximum absolute atomic E-state index is 13.5. The number of nitrogens with zero attached hydrogens (tertiary/aromatic N) is 4. The van der Waals surface area contributed by atoms with E-state index in [1.807, 2.05) is 72.8 Å². The highest BCUT2D eigenvalue weighted by molar-refractivity contribution is 6.42. The minimum absolute atomic E-state index is 0.275. The number of aromatic nitrogens is 2. The molecule has 2 heterocycles. The average Bonchev–Trinajstić information content (AvgIpc) is 2.92. The van der Waals surface area contributed by atoms with E-state index >= 15 is 0 Å². The summed E-state index contributed by atoms with van der Waals surface area (Å²) in [6, 6.07) is 24.9. The molecule has 1 saturated heterocycles. The van der Waals surface area contributed by atoms with Crippen LogP contribution in [0.3, 0.4) is 0 Å². The fourth-order valence-corrected chi connectivity index (χ4v) is 4.71. The molecule has 4 aromatic rings. The third-order valence-electron chi connectivity index (χ3n) is 6.28. The summed E-state index contributed by atoms with van der Waals surface area (Å²) in [5, 5.41) is 5.66. The molecule has 0 bridgehead atoms. The molecule has 3 aromatic carbocycles. The Morgan fingerprint density at radius 1 is 0.833 bits per heavy atom. The van der Waals surface area contributed by atoms with Gasteiger partial charge in [0.25, 0.3) is 0 Å². The van der Waals surface area contributed by atoms with Crippen LogP contribution in [0.2, 0.25) is 10.0 Å². The van der Waals surface area contributed by atoms with Crippen LogP contribution in [0.4, 0.5) is 5.69 Å². The second-order valence-corrected chi connectivity index (χ2v) is 9.45. The first-order valence-corrected chi connectivity index (χ1v) is 12.6. The summed E-state index contributed by atoms with van der Waals surface area (Å²) < 4.78 is 7.55. The molecule has 0 radical (unpaired) electrons. The predicted octanol–water partition coefficient (Wildman–Crippen LogP) is 5.44. The topological polar surface area (TPSA) is 50.6 Å². The van der Waals surface area contributed by atoms with Gasteiger partial charge in [-0.2, -0.15) is 9.78 Å². The summed E-state index contributed by atoms with van der Waals surface area (Å²) in [7, 11) is 0. The van der Waals surface area contributed by atoms with Gasteiger partial charge >= 0.3 is 5.56 Å². The van der Waals surface area contributed by atoms with E-state index in [-0.39, 0.29) is 5.56 Å². The highest BCUT2D eigenvalue weighted by atomic mass is 35.5. The Bertz CT molecular complexity index is 1370. The normalized spacial score (nSPS) is 14.1. The zero-order valence-corrected chi connectivity index (χ0v) is 21.2. The smallest absolute Gasteiger partial charge is 0.316 e. The van der Waals surface area contributed by atoms with Gasteiger partial charge < -0.3 is 9.64 Å². The molecule has 5 rings (SSSR count). The lowest BCUT2D eigenvalue weighted by atomic mass is 10.2. The number of benzene rings is 3. The van der Waals surface area contributed by atoms with E-state index in [2.05, 4.69) is 14.9 Å². The van der Waals surface area contributed by atoms with Crippen LogP contribution in [0.15, 0.2) is 89.9 Å². The molecule has 0 saturated carbocycles. The van der Waals surface area contributed by atoms with Crippen molar-refractivity contribution in [2.24, 2.45) is 0 Å². The number of rotatable bonds is 7. The van der Waals surface area contributed by atoms with Crippen LogP contribution in [0.1, 0.15) is 11.1 Å². The van der Waals surface area contributed by atoms with E-state index < -0.39 is 0 Å². The Morgan fingerprint density at radius 3 is 2.25 bits per heavy atom. The molecule has 0 N–H and O–H groups in total. The quantitative estimate of drug-likeness (QED) is 0.324. The first kappa shape index (κ1) is 24.4. The van der Waals surface area contributed by atoms with Crippen molar-refractivity contribution in [1.82, 2.24) is 14.7 Å². The number of hydrogen-bond acceptors (Lipinski definition) is 5. The molecule has 36 heavy (non-hydrogen) atoms. The Labute approximate surface area is 220 Å². The molecular formula is C28H26Cl2N4O2. The standard InChI is InChI=1S/C28H26Cl2N4O2/c29-24-13-7-10-22(26(24)30)19-32-14-16-33(17-15-32)25-18-31-34(23-11-5-2-6-12-23)28(35)27(25)36-20-21-8-3-1-4-9-21/h1-13,18H,14-17,19-20H2. The van der Waals surface area contributed by atoms with Gasteiger partial charge in [-0.3, -0.25) is 9.69 Å². The molecule has 184 valence electrons. The third kappa shape index (κ3) is 5.41. The van der Waals surface area contributed by atoms with Crippen LogP contribution in [-0.2, 0) is 13.2 Å². The molecule has 1 aliphatic rings. The number of piperazine rings is 1. The summed E-state index contributed by atoms with van der Waals surface area (Å²) in [4.78, 5) is 18.0. The van der Waals surface area contributed by atoms with E-state index in [1.54, 1.807) is 12.3 Å². The second-order valence-electron chi connectivity index (χ2n) is 8.66. The van der Waals surface area contributed by atoms with Gasteiger partial charge in [0.15, 0.2) is 0 Å². The molecule has 1 aromatic heterocycles. The van der Waals surface area contributed by atoms with Crippen molar-refractivity contribution < 1.29 is 4.74 Å². The van der Waals surface area contributed by atoms with Gasteiger partial charge in [0.2, 0.25) is 5.75 Å². The number of halogens is 2. The molecule has 0 atom stereocenters. The second kappa shape index (κ2) is 11.2. The highest BCUT2D eigenvalue weighted by Gasteiger charge is 2.24. The van der Waals surface area contributed by atoms with Crippen LogP contribution in [0.25, 0.3) is 5.69 Å². The largest absolute Gasteiger partial charge is 0.481 e. The van der Waals surface area contributed by atoms with E-state index in [0.29, 0.717) is 33.8 Å². The van der Waals surface area contributed by atoms with Crippen molar-refractivity contribution in [3.8, 4) is 11.4 Å². The van der Waals surface area contributed by atoms with Gasteiger partial charge in [-0.15, -0.1) is 0 Å². The fourth-order valence-electron chi connectivity index (χ4n) is 4.33. The summed E-state index contributed by atoms with van der Waals surface area (Å²) in [6.45, 7) is 4.10. The van der Waals surface area contributed by atoms with Crippen LogP contribution in [0, 0.1) is 0 Å². The van der Waals surface area contributed by atoms with E-state index in [4.69, 9.17) is 27.9 Å². The maximum atomic E-state index is 13.5. The fraction of sp³-hybridized carbons (Fsp3) is 0.214. The molecule has 0 aliphatic carbocycles. The van der Waals surface area contributed by atoms with Gasteiger partial charge in [0.05, 0.1) is 21.9 Å². The molecule has 0 unspecified atom stereocenters. The van der Waals surface area contributed by atoms with Crippen molar-refractivity contribution in [1.29, 1.82) is 0 Å². The lowest BCUT2D eigenvalue weighted by molar-refractivity contribution is 0.247. The zero-order chi connectivity index (χ0) is 24.9. The zero-order valence-electron chi connectivity index (χ0n) is 19.7. The Hall–Kier alpha value is -3.32. The number of ether oxygens (including phenoxy) is 1. The third-order valence-corrected chi connectivity index (χ3v) is 7.14. The van der Waals surface area contributed by atoms with Crippen molar-refractivity contribution in [2.45, 2.75) is 13.2 Å². The first-order chi connectivity index (χ1) is 17.6. The maximum Gasteiger partial charge on any atom is 0.316 e. The molecule has 1 fully saturated rings.